The molecule has 1 atom stereocenters. The molecule has 0 spiro atoms. The van der Waals surface area contributed by atoms with E-state index in [2.05, 4.69) is 13.5 Å². The molecule has 0 heterocycles. The van der Waals surface area contributed by atoms with Crippen molar-refractivity contribution < 1.29 is 9.90 Å². The van der Waals surface area contributed by atoms with Gasteiger partial charge < -0.3 is 5.11 Å². The normalized spacial score (nSPS) is 33.3. The molecule has 1 rings (SSSR count). The summed E-state index contributed by atoms with van der Waals surface area (Å²) in [5.41, 5.74) is -0.534. The van der Waals surface area contributed by atoms with Gasteiger partial charge in [0.1, 0.15) is 0 Å². The first-order chi connectivity index (χ1) is 7.06. The second-order valence-corrected chi connectivity index (χ2v) is 4.84. The monoisotopic (exact) mass is 210 g/mol. The Hall–Kier alpha value is -0.790. The first-order valence-corrected chi connectivity index (χ1v) is 5.92. The van der Waals surface area contributed by atoms with Crippen LogP contribution in [0.1, 0.15) is 46.0 Å². The van der Waals surface area contributed by atoms with Gasteiger partial charge in [0.15, 0.2) is 0 Å². The quantitative estimate of drug-likeness (QED) is 0.721. The molecule has 86 valence electrons. The van der Waals surface area contributed by atoms with Crippen LogP contribution in [0.4, 0.5) is 0 Å². The molecule has 2 nitrogen and oxygen atoms in total. The lowest BCUT2D eigenvalue weighted by Crippen LogP contribution is -2.40. The number of aliphatic carboxylic acids is 1. The van der Waals surface area contributed by atoms with Crippen molar-refractivity contribution >= 4 is 5.97 Å². The maximum absolute atomic E-state index is 11.4. The number of hydrogen-bond acceptors (Lipinski definition) is 1. The molecule has 1 aliphatic carbocycles. The topological polar surface area (TPSA) is 37.3 Å². The van der Waals surface area contributed by atoms with Crippen LogP contribution in [0.3, 0.4) is 0 Å². The second-order valence-electron chi connectivity index (χ2n) is 4.84. The van der Waals surface area contributed by atoms with Gasteiger partial charge in [-0.1, -0.05) is 26.3 Å². The summed E-state index contributed by atoms with van der Waals surface area (Å²) >= 11 is 0. The van der Waals surface area contributed by atoms with E-state index in [4.69, 9.17) is 0 Å². The molecule has 2 heteroatoms. The highest BCUT2D eigenvalue weighted by molar-refractivity contribution is 5.75. The number of hydrogen-bond donors (Lipinski definition) is 1. The molecule has 0 bridgehead atoms. The van der Waals surface area contributed by atoms with Crippen molar-refractivity contribution in [2.24, 2.45) is 17.3 Å². The molecule has 0 radical (unpaired) electrons. The van der Waals surface area contributed by atoms with Crippen molar-refractivity contribution in [3.05, 3.63) is 12.7 Å². The molecular weight excluding hydrogens is 188 g/mol. The third-order valence-electron chi connectivity index (χ3n) is 4.23. The van der Waals surface area contributed by atoms with Crippen LogP contribution in [0.5, 0.6) is 0 Å². The predicted octanol–water partition coefficient (Wildman–Crippen LogP) is 3.48. The van der Waals surface area contributed by atoms with Crippen LogP contribution in [-0.4, -0.2) is 11.1 Å². The summed E-state index contributed by atoms with van der Waals surface area (Å²) < 4.78 is 0. The van der Waals surface area contributed by atoms with E-state index in [1.54, 1.807) is 6.08 Å². The molecule has 1 N–H and O–H groups in total. The van der Waals surface area contributed by atoms with Gasteiger partial charge in [-0.3, -0.25) is 4.79 Å². The Morgan fingerprint density at radius 2 is 2.13 bits per heavy atom. The lowest BCUT2D eigenvalue weighted by atomic mass is 9.64. The third-order valence-corrected chi connectivity index (χ3v) is 4.23. The van der Waals surface area contributed by atoms with E-state index < -0.39 is 11.4 Å². The highest BCUT2D eigenvalue weighted by atomic mass is 16.4. The van der Waals surface area contributed by atoms with Gasteiger partial charge in [-0.2, -0.15) is 0 Å². The Labute approximate surface area is 92.4 Å². The smallest absolute Gasteiger partial charge is 0.310 e. The van der Waals surface area contributed by atoms with Crippen molar-refractivity contribution in [3.8, 4) is 0 Å². The van der Waals surface area contributed by atoms with Crippen LogP contribution >= 0.6 is 0 Å². The average Bonchev–Trinajstić information content (AvgIpc) is 2.27. The van der Waals surface area contributed by atoms with Crippen molar-refractivity contribution in [1.82, 2.24) is 0 Å². The minimum atomic E-state index is -0.635. The molecule has 0 saturated heterocycles. The van der Waals surface area contributed by atoms with E-state index in [-0.39, 0.29) is 5.92 Å². The first kappa shape index (κ1) is 12.3. The van der Waals surface area contributed by atoms with E-state index in [0.717, 1.165) is 31.6 Å². The summed E-state index contributed by atoms with van der Waals surface area (Å²) in [5, 5.41) is 9.40. The van der Waals surface area contributed by atoms with Gasteiger partial charge in [0.05, 0.1) is 5.41 Å². The fourth-order valence-electron chi connectivity index (χ4n) is 2.69. The highest BCUT2D eigenvalue weighted by Crippen LogP contribution is 2.45. The SMILES string of the molecule is C=CC(C)C1(C(=O)O)CCC(CC)CC1. The van der Waals surface area contributed by atoms with Gasteiger partial charge in [-0.15, -0.1) is 6.58 Å². The van der Waals surface area contributed by atoms with Crippen molar-refractivity contribution in [2.75, 3.05) is 0 Å². The van der Waals surface area contributed by atoms with Crippen molar-refractivity contribution in [1.29, 1.82) is 0 Å². The van der Waals surface area contributed by atoms with Gasteiger partial charge in [-0.25, -0.2) is 0 Å². The molecule has 0 amide bonds. The zero-order chi connectivity index (χ0) is 11.5. The Bertz CT molecular complexity index is 237. The Morgan fingerprint density at radius 1 is 1.60 bits per heavy atom. The maximum atomic E-state index is 11.4. The predicted molar refractivity (Wildman–Crippen MR) is 61.7 cm³/mol. The van der Waals surface area contributed by atoms with Crippen molar-refractivity contribution in [3.63, 3.8) is 0 Å². The van der Waals surface area contributed by atoms with Gasteiger partial charge in [0.2, 0.25) is 0 Å². The number of allylic oxidation sites excluding steroid dienone is 1. The Balaban J connectivity index is 2.78. The first-order valence-electron chi connectivity index (χ1n) is 5.92. The van der Waals surface area contributed by atoms with E-state index in [1.165, 1.54) is 6.42 Å². The van der Waals surface area contributed by atoms with Crippen LogP contribution in [-0.2, 0) is 4.79 Å². The molecule has 0 aromatic rings. The van der Waals surface area contributed by atoms with Gasteiger partial charge in [0.25, 0.3) is 0 Å². The Morgan fingerprint density at radius 3 is 2.47 bits per heavy atom. The highest BCUT2D eigenvalue weighted by Gasteiger charge is 2.44. The summed E-state index contributed by atoms with van der Waals surface area (Å²) in [4.78, 5) is 11.4. The van der Waals surface area contributed by atoms with Crippen LogP contribution in [0.25, 0.3) is 0 Å². The summed E-state index contributed by atoms with van der Waals surface area (Å²) in [6.07, 6.45) is 6.71. The minimum Gasteiger partial charge on any atom is -0.481 e. The van der Waals surface area contributed by atoms with Crippen LogP contribution < -0.4 is 0 Å². The molecule has 0 aliphatic heterocycles. The van der Waals surface area contributed by atoms with E-state index in [9.17, 15) is 9.90 Å². The van der Waals surface area contributed by atoms with Crippen LogP contribution in [0.15, 0.2) is 12.7 Å². The summed E-state index contributed by atoms with van der Waals surface area (Å²) in [6.45, 7) is 7.91. The molecule has 0 aromatic carbocycles. The number of carbonyl (C=O) groups is 1. The van der Waals surface area contributed by atoms with Crippen LogP contribution in [0.2, 0.25) is 0 Å². The molecule has 15 heavy (non-hydrogen) atoms. The molecule has 1 fully saturated rings. The van der Waals surface area contributed by atoms with E-state index >= 15 is 0 Å². The zero-order valence-electron chi connectivity index (χ0n) is 9.83. The lowest BCUT2D eigenvalue weighted by Gasteiger charge is -2.39. The molecule has 0 aromatic heterocycles. The lowest BCUT2D eigenvalue weighted by molar-refractivity contribution is -0.154. The van der Waals surface area contributed by atoms with Crippen LogP contribution in [0, 0.1) is 17.3 Å². The summed E-state index contributed by atoms with van der Waals surface area (Å²) in [5.74, 6) is 0.173. The number of carboxylic acid groups (broad SMARTS) is 1. The fourth-order valence-corrected chi connectivity index (χ4v) is 2.69. The number of carboxylic acids is 1. The van der Waals surface area contributed by atoms with Gasteiger partial charge >= 0.3 is 5.97 Å². The van der Waals surface area contributed by atoms with E-state index in [0.29, 0.717) is 0 Å². The Kier molecular flexibility index (Phi) is 3.95. The summed E-state index contributed by atoms with van der Waals surface area (Å²) in [6, 6.07) is 0. The molecule has 1 saturated carbocycles. The standard InChI is InChI=1S/C13H22O2/c1-4-10(3)13(12(14)15)8-6-11(5-2)7-9-13/h4,10-11H,1,5-9H2,2-3H3,(H,14,15). The number of rotatable bonds is 4. The second kappa shape index (κ2) is 4.82. The van der Waals surface area contributed by atoms with Gasteiger partial charge in [0, 0.05) is 0 Å². The minimum absolute atomic E-state index is 0.0767. The maximum Gasteiger partial charge on any atom is 0.310 e. The molecule has 1 aliphatic rings. The average molecular weight is 210 g/mol. The largest absolute Gasteiger partial charge is 0.481 e. The zero-order valence-corrected chi connectivity index (χ0v) is 9.83. The molecule has 1 unspecified atom stereocenters. The van der Waals surface area contributed by atoms with Gasteiger partial charge in [-0.05, 0) is 37.5 Å². The molecular formula is C13H22O2. The summed E-state index contributed by atoms with van der Waals surface area (Å²) in [7, 11) is 0. The third kappa shape index (κ3) is 2.24. The van der Waals surface area contributed by atoms with Crippen molar-refractivity contribution in [2.45, 2.75) is 46.0 Å². The van der Waals surface area contributed by atoms with E-state index in [1.807, 2.05) is 6.92 Å². The fraction of sp³-hybridized carbons (Fsp3) is 0.769.